The quantitative estimate of drug-likeness (QED) is 0.395. The molecule has 0 aromatic rings. The van der Waals surface area contributed by atoms with Crippen LogP contribution in [-0.2, 0) is 0 Å². The van der Waals surface area contributed by atoms with Gasteiger partial charge < -0.3 is 20.6 Å². The van der Waals surface area contributed by atoms with E-state index in [9.17, 15) is 5.11 Å². The summed E-state index contributed by atoms with van der Waals surface area (Å²) in [6.07, 6.45) is 7.93. The van der Waals surface area contributed by atoms with E-state index in [0.29, 0.717) is 11.5 Å². The normalized spacial score (nSPS) is 24.1. The van der Waals surface area contributed by atoms with Crippen molar-refractivity contribution < 1.29 is 5.11 Å². The van der Waals surface area contributed by atoms with Crippen LogP contribution in [0.15, 0.2) is 4.99 Å². The molecule has 0 aromatic carbocycles. The Bertz CT molecular complexity index is 379. The van der Waals surface area contributed by atoms with E-state index in [1.807, 2.05) is 0 Å². The summed E-state index contributed by atoms with van der Waals surface area (Å²) < 4.78 is 0. The van der Waals surface area contributed by atoms with Crippen molar-refractivity contribution in [1.82, 2.24) is 15.5 Å². The molecule has 2 fully saturated rings. The maximum absolute atomic E-state index is 9.55. The summed E-state index contributed by atoms with van der Waals surface area (Å²) in [5, 5.41) is 16.6. The fraction of sp³-hybridized carbons (Fsp3) is 0.947. The van der Waals surface area contributed by atoms with Crippen LogP contribution in [0.5, 0.6) is 0 Å². The molecule has 0 atom stereocenters. The lowest BCUT2D eigenvalue weighted by Crippen LogP contribution is -2.45. The fourth-order valence-corrected chi connectivity index (χ4v) is 3.69. The van der Waals surface area contributed by atoms with Gasteiger partial charge in [0.05, 0.1) is 6.10 Å². The monoisotopic (exact) mass is 338 g/mol. The number of aliphatic imine (C=N–C) groups is 1. The fourth-order valence-electron chi connectivity index (χ4n) is 3.69. The number of hydrogen-bond acceptors (Lipinski definition) is 3. The Morgan fingerprint density at radius 2 is 1.83 bits per heavy atom. The summed E-state index contributed by atoms with van der Waals surface area (Å²) in [6, 6.07) is 0.569. The number of aliphatic hydroxyl groups excluding tert-OH is 1. The predicted octanol–water partition coefficient (Wildman–Crippen LogP) is 2.36. The molecule has 5 heteroatoms. The highest BCUT2D eigenvalue weighted by atomic mass is 16.3. The van der Waals surface area contributed by atoms with Crippen LogP contribution in [0, 0.1) is 5.41 Å². The van der Waals surface area contributed by atoms with Gasteiger partial charge in [0.1, 0.15) is 0 Å². The van der Waals surface area contributed by atoms with Crippen molar-refractivity contribution in [3.63, 3.8) is 0 Å². The second-order valence-corrected chi connectivity index (χ2v) is 8.27. The number of aliphatic hydroxyl groups is 1. The van der Waals surface area contributed by atoms with Crippen LogP contribution in [0.25, 0.3) is 0 Å². The SMILES string of the molecule is CCNC(=NCCCN1CCC(O)CC1)NC1CCC(C)(C)CC1. The highest BCUT2D eigenvalue weighted by molar-refractivity contribution is 5.80. The van der Waals surface area contributed by atoms with Crippen molar-refractivity contribution >= 4 is 5.96 Å². The lowest BCUT2D eigenvalue weighted by molar-refractivity contribution is 0.0824. The highest BCUT2D eigenvalue weighted by Gasteiger charge is 2.27. The molecule has 0 unspecified atom stereocenters. The lowest BCUT2D eigenvalue weighted by atomic mass is 9.75. The summed E-state index contributed by atoms with van der Waals surface area (Å²) in [7, 11) is 0. The van der Waals surface area contributed by atoms with Gasteiger partial charge in [0.2, 0.25) is 0 Å². The van der Waals surface area contributed by atoms with Crippen molar-refractivity contribution in [2.24, 2.45) is 10.4 Å². The van der Waals surface area contributed by atoms with Gasteiger partial charge in [0, 0.05) is 32.2 Å². The Hall–Kier alpha value is -0.810. The van der Waals surface area contributed by atoms with E-state index < -0.39 is 0 Å². The summed E-state index contributed by atoms with van der Waals surface area (Å²) in [4.78, 5) is 7.21. The number of nitrogens with one attached hydrogen (secondary N) is 2. The summed E-state index contributed by atoms with van der Waals surface area (Å²) in [5.41, 5.74) is 0.510. The van der Waals surface area contributed by atoms with Gasteiger partial charge in [-0.1, -0.05) is 13.8 Å². The van der Waals surface area contributed by atoms with Crippen molar-refractivity contribution in [2.75, 3.05) is 32.7 Å². The second-order valence-electron chi connectivity index (χ2n) is 8.27. The first-order valence-electron chi connectivity index (χ1n) is 9.94. The zero-order valence-corrected chi connectivity index (χ0v) is 16.0. The number of rotatable bonds is 6. The van der Waals surface area contributed by atoms with Crippen LogP contribution in [0.2, 0.25) is 0 Å². The summed E-state index contributed by atoms with van der Waals surface area (Å²) >= 11 is 0. The zero-order chi connectivity index (χ0) is 17.4. The van der Waals surface area contributed by atoms with Crippen LogP contribution in [0.1, 0.15) is 65.7 Å². The molecule has 1 aliphatic heterocycles. The summed E-state index contributed by atoms with van der Waals surface area (Å²) in [6.45, 7) is 11.8. The Kier molecular flexibility index (Phi) is 7.82. The number of guanidine groups is 1. The van der Waals surface area contributed by atoms with E-state index in [0.717, 1.165) is 57.9 Å². The molecule has 5 nitrogen and oxygen atoms in total. The first-order valence-corrected chi connectivity index (χ1v) is 9.94. The third kappa shape index (κ3) is 6.98. The maximum Gasteiger partial charge on any atom is 0.191 e. The molecule has 2 rings (SSSR count). The van der Waals surface area contributed by atoms with Gasteiger partial charge in [-0.25, -0.2) is 0 Å². The van der Waals surface area contributed by atoms with Crippen molar-refractivity contribution in [3.05, 3.63) is 0 Å². The number of nitrogens with zero attached hydrogens (tertiary/aromatic N) is 2. The molecular weight excluding hydrogens is 300 g/mol. The van der Waals surface area contributed by atoms with Crippen LogP contribution >= 0.6 is 0 Å². The Balaban J connectivity index is 1.68. The molecule has 0 bridgehead atoms. The van der Waals surface area contributed by atoms with Crippen molar-refractivity contribution in [3.8, 4) is 0 Å². The van der Waals surface area contributed by atoms with Crippen LogP contribution in [0.3, 0.4) is 0 Å². The van der Waals surface area contributed by atoms with Crippen LogP contribution in [0.4, 0.5) is 0 Å². The van der Waals surface area contributed by atoms with Gasteiger partial charge in [-0.15, -0.1) is 0 Å². The summed E-state index contributed by atoms with van der Waals surface area (Å²) in [5.74, 6) is 0.983. The van der Waals surface area contributed by atoms with Gasteiger partial charge in [0.25, 0.3) is 0 Å². The standard InChI is InChI=1S/C19H38N4O/c1-4-20-18(22-16-6-10-19(2,3)11-7-16)21-12-5-13-23-14-8-17(24)9-15-23/h16-17,24H,4-15H2,1-3H3,(H2,20,21,22). The first-order chi connectivity index (χ1) is 11.5. The molecule has 1 saturated carbocycles. The third-order valence-corrected chi connectivity index (χ3v) is 5.48. The molecule has 2 aliphatic rings. The predicted molar refractivity (Wildman–Crippen MR) is 101 cm³/mol. The molecular formula is C19H38N4O. The molecule has 140 valence electrons. The third-order valence-electron chi connectivity index (χ3n) is 5.48. The molecule has 3 N–H and O–H groups in total. The van der Waals surface area contributed by atoms with Crippen molar-refractivity contribution in [2.45, 2.75) is 77.9 Å². The minimum Gasteiger partial charge on any atom is -0.393 e. The number of piperidine rings is 1. The molecule has 0 amide bonds. The van der Waals surface area contributed by atoms with E-state index >= 15 is 0 Å². The molecule has 1 heterocycles. The lowest BCUT2D eigenvalue weighted by Gasteiger charge is -2.35. The Morgan fingerprint density at radius 3 is 2.46 bits per heavy atom. The Morgan fingerprint density at radius 1 is 1.17 bits per heavy atom. The molecule has 0 aromatic heterocycles. The zero-order valence-electron chi connectivity index (χ0n) is 16.0. The number of hydrogen-bond donors (Lipinski definition) is 3. The Labute approximate surface area is 148 Å². The molecule has 24 heavy (non-hydrogen) atoms. The topological polar surface area (TPSA) is 59.9 Å². The number of likely N-dealkylation sites (tertiary alicyclic amines) is 1. The van der Waals surface area contributed by atoms with Gasteiger partial charge >= 0.3 is 0 Å². The van der Waals surface area contributed by atoms with Crippen molar-refractivity contribution in [1.29, 1.82) is 0 Å². The van der Waals surface area contributed by atoms with Gasteiger partial charge in [-0.2, -0.15) is 0 Å². The molecule has 0 spiro atoms. The van der Waals surface area contributed by atoms with Crippen LogP contribution in [-0.4, -0.2) is 60.8 Å². The van der Waals surface area contributed by atoms with Crippen LogP contribution < -0.4 is 10.6 Å². The minimum atomic E-state index is -0.0794. The second kappa shape index (κ2) is 9.62. The maximum atomic E-state index is 9.55. The van der Waals surface area contributed by atoms with E-state index in [-0.39, 0.29) is 6.10 Å². The van der Waals surface area contributed by atoms with Gasteiger partial charge in [0.15, 0.2) is 5.96 Å². The van der Waals surface area contributed by atoms with E-state index in [2.05, 4.69) is 36.3 Å². The molecule has 0 radical (unpaired) electrons. The minimum absolute atomic E-state index is 0.0794. The average Bonchev–Trinajstić information content (AvgIpc) is 2.55. The molecule has 1 saturated heterocycles. The van der Waals surface area contributed by atoms with Gasteiger partial charge in [-0.3, -0.25) is 4.99 Å². The van der Waals surface area contributed by atoms with E-state index in [1.165, 1.54) is 25.7 Å². The average molecular weight is 339 g/mol. The largest absolute Gasteiger partial charge is 0.393 e. The highest BCUT2D eigenvalue weighted by Crippen LogP contribution is 2.34. The van der Waals surface area contributed by atoms with E-state index in [4.69, 9.17) is 4.99 Å². The first kappa shape index (κ1) is 19.5. The van der Waals surface area contributed by atoms with Gasteiger partial charge in [-0.05, 0) is 63.8 Å². The smallest absolute Gasteiger partial charge is 0.191 e. The molecule has 1 aliphatic carbocycles. The van der Waals surface area contributed by atoms with E-state index in [1.54, 1.807) is 0 Å².